The number of carboxylic acid groups (broad SMARTS) is 1. The van der Waals surface area contributed by atoms with Gasteiger partial charge in [-0.3, -0.25) is 9.69 Å². The van der Waals surface area contributed by atoms with Crippen molar-refractivity contribution in [3.05, 3.63) is 24.3 Å². The van der Waals surface area contributed by atoms with E-state index in [1.165, 1.54) is 76.3 Å². The Morgan fingerprint density at radius 3 is 2.09 bits per heavy atom. The molecule has 32 heavy (non-hydrogen) atoms. The average Bonchev–Trinajstić information content (AvgIpc) is 2.77. The van der Waals surface area contributed by atoms with Crippen molar-refractivity contribution in [3.63, 3.8) is 0 Å². The average molecular weight is 440 g/mol. The van der Waals surface area contributed by atoms with Crippen LogP contribution in [0.15, 0.2) is 24.3 Å². The van der Waals surface area contributed by atoms with Gasteiger partial charge in [-0.15, -0.1) is 0 Å². The van der Waals surface area contributed by atoms with Crippen LogP contribution in [-0.2, 0) is 4.79 Å². The van der Waals surface area contributed by atoms with Crippen molar-refractivity contribution < 1.29 is 9.90 Å². The predicted molar refractivity (Wildman–Crippen MR) is 131 cm³/mol. The van der Waals surface area contributed by atoms with Gasteiger partial charge in [-0.1, -0.05) is 37.8 Å². The van der Waals surface area contributed by atoms with Gasteiger partial charge in [-0.25, -0.2) is 0 Å². The molecule has 2 aliphatic heterocycles. The van der Waals surface area contributed by atoms with E-state index in [0.29, 0.717) is 6.04 Å². The van der Waals surface area contributed by atoms with Crippen molar-refractivity contribution in [3.8, 4) is 0 Å². The van der Waals surface area contributed by atoms with E-state index in [9.17, 15) is 9.90 Å². The summed E-state index contributed by atoms with van der Waals surface area (Å²) in [4.78, 5) is 18.6. The summed E-state index contributed by atoms with van der Waals surface area (Å²) < 4.78 is 0. The van der Waals surface area contributed by atoms with Crippen LogP contribution in [0.2, 0.25) is 0 Å². The van der Waals surface area contributed by atoms with Gasteiger partial charge >= 0.3 is 5.97 Å². The largest absolute Gasteiger partial charge is 0.480 e. The molecule has 0 radical (unpaired) electrons. The van der Waals surface area contributed by atoms with Gasteiger partial charge in [0.1, 0.15) is 6.54 Å². The SMILES string of the molecule is CN(CC(=O)O)c1ccccc1N(C)C1C[C@H]2CCC[C@@H](C1)N2C1C[C@H]2CCC[C@@H](C1)C2. The molecule has 4 aliphatic rings. The minimum atomic E-state index is -0.787. The Hall–Kier alpha value is -1.75. The van der Waals surface area contributed by atoms with Gasteiger partial charge in [0.2, 0.25) is 0 Å². The number of anilines is 2. The van der Waals surface area contributed by atoms with E-state index in [0.717, 1.165) is 35.6 Å². The van der Waals surface area contributed by atoms with Crippen molar-refractivity contribution >= 4 is 17.3 Å². The third kappa shape index (κ3) is 4.37. The molecular formula is C27H41N3O2. The summed E-state index contributed by atoms with van der Waals surface area (Å²) in [6, 6.07) is 11.1. The number of aliphatic carboxylic acids is 1. The summed E-state index contributed by atoms with van der Waals surface area (Å²) in [7, 11) is 4.12. The first kappa shape index (κ1) is 22.1. The molecule has 1 aromatic rings. The predicted octanol–water partition coefficient (Wildman–Crippen LogP) is 5.00. The number of benzene rings is 1. The van der Waals surface area contributed by atoms with E-state index in [4.69, 9.17) is 0 Å². The molecule has 0 amide bonds. The first-order valence-corrected chi connectivity index (χ1v) is 13.0. The quantitative estimate of drug-likeness (QED) is 0.676. The molecular weight excluding hydrogens is 398 g/mol. The van der Waals surface area contributed by atoms with Crippen LogP contribution in [0.5, 0.6) is 0 Å². The second-order valence-electron chi connectivity index (χ2n) is 11.2. The number of likely N-dealkylation sites (N-methyl/N-ethyl adjacent to an activating group) is 1. The molecule has 176 valence electrons. The summed E-state index contributed by atoms with van der Waals surface area (Å²) in [5.41, 5.74) is 2.19. The monoisotopic (exact) mass is 439 g/mol. The molecule has 2 saturated heterocycles. The van der Waals surface area contributed by atoms with E-state index < -0.39 is 5.97 Å². The fraction of sp³-hybridized carbons (Fsp3) is 0.741. The Morgan fingerprint density at radius 2 is 1.47 bits per heavy atom. The number of piperidine rings is 2. The van der Waals surface area contributed by atoms with Crippen molar-refractivity contribution in [2.45, 2.75) is 94.8 Å². The van der Waals surface area contributed by atoms with E-state index in [1.54, 1.807) is 0 Å². The number of nitrogens with zero attached hydrogens (tertiary/aromatic N) is 3. The van der Waals surface area contributed by atoms with Gasteiger partial charge in [0.25, 0.3) is 0 Å². The van der Waals surface area contributed by atoms with Crippen molar-refractivity contribution in [2.75, 3.05) is 30.4 Å². The maximum atomic E-state index is 11.3. The summed E-state index contributed by atoms with van der Waals surface area (Å²) >= 11 is 0. The normalized spacial score (nSPS) is 34.7. The zero-order valence-electron chi connectivity index (χ0n) is 20.0. The van der Waals surface area contributed by atoms with E-state index in [-0.39, 0.29) is 6.54 Å². The molecule has 6 atom stereocenters. The van der Waals surface area contributed by atoms with Crippen molar-refractivity contribution in [2.24, 2.45) is 11.8 Å². The number of fused-ring (bicyclic) bond motifs is 4. The maximum absolute atomic E-state index is 11.3. The Balaban J connectivity index is 1.32. The second kappa shape index (κ2) is 9.24. The fourth-order valence-electron chi connectivity index (χ4n) is 7.81. The lowest BCUT2D eigenvalue weighted by atomic mass is 9.68. The van der Waals surface area contributed by atoms with E-state index >= 15 is 0 Å². The number of carbonyl (C=O) groups is 1. The van der Waals surface area contributed by atoms with Gasteiger partial charge < -0.3 is 14.9 Å². The van der Waals surface area contributed by atoms with Crippen LogP contribution >= 0.6 is 0 Å². The molecule has 2 aliphatic carbocycles. The number of hydrogen-bond donors (Lipinski definition) is 1. The Bertz CT molecular complexity index is 788. The third-order valence-corrected chi connectivity index (χ3v) is 9.12. The maximum Gasteiger partial charge on any atom is 0.323 e. The molecule has 2 heterocycles. The highest BCUT2D eigenvalue weighted by Crippen LogP contribution is 2.46. The van der Waals surface area contributed by atoms with Gasteiger partial charge in [0, 0.05) is 38.3 Å². The molecule has 4 fully saturated rings. The molecule has 1 aromatic carbocycles. The van der Waals surface area contributed by atoms with Gasteiger partial charge in [0.15, 0.2) is 0 Å². The lowest BCUT2D eigenvalue weighted by Crippen LogP contribution is -2.61. The minimum absolute atomic E-state index is 0.0264. The van der Waals surface area contributed by atoms with Crippen LogP contribution in [0.3, 0.4) is 0 Å². The molecule has 5 rings (SSSR count). The van der Waals surface area contributed by atoms with Crippen molar-refractivity contribution in [1.29, 1.82) is 0 Å². The number of rotatable bonds is 6. The number of carboxylic acids is 1. The smallest absolute Gasteiger partial charge is 0.323 e. The van der Waals surface area contributed by atoms with Crippen molar-refractivity contribution in [1.82, 2.24) is 4.90 Å². The lowest BCUT2D eigenvalue weighted by molar-refractivity contribution is -0.135. The van der Waals surface area contributed by atoms with Gasteiger partial charge in [-0.2, -0.15) is 0 Å². The van der Waals surface area contributed by atoms with Crippen LogP contribution in [0.1, 0.15) is 70.6 Å². The van der Waals surface area contributed by atoms with E-state index in [1.807, 2.05) is 18.0 Å². The van der Waals surface area contributed by atoms with Crippen LogP contribution in [0, 0.1) is 11.8 Å². The Labute approximate surface area is 193 Å². The van der Waals surface area contributed by atoms with Crippen LogP contribution < -0.4 is 9.80 Å². The zero-order chi connectivity index (χ0) is 22.2. The minimum Gasteiger partial charge on any atom is -0.480 e. The van der Waals surface area contributed by atoms with E-state index in [2.05, 4.69) is 35.0 Å². The standard InChI is InChI=1S/C27H41N3O2/c1-28(18-27(31)32)25-11-3-4-12-26(25)29(2)23-16-21-9-6-10-22(17-23)30(21)24-14-19-7-5-8-20(13-19)15-24/h3-4,11-12,19-24H,5-10,13-18H2,1-2H3,(H,31,32)/t19-,20+,21-,22+,23?,24?. The summed E-state index contributed by atoms with van der Waals surface area (Å²) in [5.74, 6) is 1.19. The van der Waals surface area contributed by atoms with Crippen LogP contribution in [-0.4, -0.2) is 60.8 Å². The zero-order valence-corrected chi connectivity index (χ0v) is 20.0. The summed E-state index contributed by atoms with van der Waals surface area (Å²) in [5, 5.41) is 9.28. The highest BCUT2D eigenvalue weighted by atomic mass is 16.4. The van der Waals surface area contributed by atoms with Crippen LogP contribution in [0.4, 0.5) is 11.4 Å². The molecule has 2 saturated carbocycles. The molecule has 1 N–H and O–H groups in total. The number of hydrogen-bond acceptors (Lipinski definition) is 4. The topological polar surface area (TPSA) is 47.0 Å². The molecule has 4 bridgehead atoms. The molecule has 5 nitrogen and oxygen atoms in total. The highest BCUT2D eigenvalue weighted by molar-refractivity contribution is 5.78. The Kier molecular flexibility index (Phi) is 6.37. The van der Waals surface area contributed by atoms with Crippen LogP contribution in [0.25, 0.3) is 0 Å². The number of para-hydroxylation sites is 2. The summed E-state index contributed by atoms with van der Waals surface area (Å²) in [6.45, 7) is 0.0264. The molecule has 0 aromatic heterocycles. The summed E-state index contributed by atoms with van der Waals surface area (Å²) in [6.07, 6.45) is 15.4. The second-order valence-corrected chi connectivity index (χ2v) is 11.2. The Morgan fingerprint density at radius 1 is 0.875 bits per heavy atom. The first-order valence-electron chi connectivity index (χ1n) is 13.0. The first-order chi connectivity index (χ1) is 15.5. The fourth-order valence-corrected chi connectivity index (χ4v) is 7.81. The lowest BCUT2D eigenvalue weighted by Gasteiger charge is -2.56. The van der Waals surface area contributed by atoms with Gasteiger partial charge in [-0.05, 0) is 68.9 Å². The highest BCUT2D eigenvalue weighted by Gasteiger charge is 2.45. The molecule has 5 heteroatoms. The van der Waals surface area contributed by atoms with Gasteiger partial charge in [0.05, 0.1) is 11.4 Å². The third-order valence-electron chi connectivity index (χ3n) is 9.12. The molecule has 0 spiro atoms. The molecule has 2 unspecified atom stereocenters.